The maximum atomic E-state index is 14.6. The number of sulfonamides is 1. The van der Waals surface area contributed by atoms with Crippen LogP contribution >= 0.6 is 0 Å². The molecule has 1 amide bonds. The number of alkyl halides is 3. The third-order valence-corrected chi connectivity index (χ3v) is 7.60. The van der Waals surface area contributed by atoms with E-state index in [2.05, 4.69) is 5.32 Å². The molecular weight excluding hydrogens is 505 g/mol. The Morgan fingerprint density at radius 1 is 0.833 bits per heavy atom. The fraction of sp³-hybridized carbons (Fsp3) is 0.208. The molecular formula is C24H20F5N3O3S. The van der Waals surface area contributed by atoms with Crippen LogP contribution in [0.25, 0.3) is 0 Å². The quantitative estimate of drug-likeness (QED) is 0.489. The summed E-state index contributed by atoms with van der Waals surface area (Å²) >= 11 is 0. The van der Waals surface area contributed by atoms with Crippen LogP contribution in [0.1, 0.15) is 15.9 Å². The average molecular weight is 525 g/mol. The Kier molecular flexibility index (Phi) is 7.01. The zero-order valence-electron chi connectivity index (χ0n) is 18.6. The Morgan fingerprint density at radius 3 is 2.19 bits per heavy atom. The third-order valence-electron chi connectivity index (χ3n) is 5.69. The number of hydrogen-bond donors (Lipinski definition) is 1. The zero-order valence-corrected chi connectivity index (χ0v) is 19.4. The summed E-state index contributed by atoms with van der Waals surface area (Å²) in [6.45, 7) is 0.239. The molecule has 0 atom stereocenters. The number of hydrogen-bond acceptors (Lipinski definition) is 4. The zero-order chi connectivity index (χ0) is 26.1. The summed E-state index contributed by atoms with van der Waals surface area (Å²) in [7, 11) is -4.35. The van der Waals surface area contributed by atoms with E-state index in [-0.39, 0.29) is 37.4 Å². The van der Waals surface area contributed by atoms with Gasteiger partial charge in [0.25, 0.3) is 5.91 Å². The van der Waals surface area contributed by atoms with Crippen LogP contribution in [0, 0.1) is 11.6 Å². The lowest BCUT2D eigenvalue weighted by molar-refractivity contribution is -0.137. The van der Waals surface area contributed by atoms with E-state index in [1.165, 1.54) is 12.1 Å². The molecule has 1 saturated heterocycles. The van der Waals surface area contributed by atoms with E-state index in [4.69, 9.17) is 0 Å². The maximum Gasteiger partial charge on any atom is 0.416 e. The van der Waals surface area contributed by atoms with Gasteiger partial charge in [-0.25, -0.2) is 17.2 Å². The van der Waals surface area contributed by atoms with Gasteiger partial charge in [-0.1, -0.05) is 18.2 Å². The molecule has 6 nitrogen and oxygen atoms in total. The molecule has 190 valence electrons. The number of anilines is 2. The molecule has 3 aromatic carbocycles. The van der Waals surface area contributed by atoms with Gasteiger partial charge in [0, 0.05) is 37.4 Å². The highest BCUT2D eigenvalue weighted by Gasteiger charge is 2.33. The molecule has 1 aliphatic rings. The molecule has 0 unspecified atom stereocenters. The number of piperazine rings is 1. The summed E-state index contributed by atoms with van der Waals surface area (Å²) in [6.07, 6.45) is -4.62. The van der Waals surface area contributed by atoms with Crippen LogP contribution in [-0.4, -0.2) is 44.8 Å². The van der Waals surface area contributed by atoms with Crippen LogP contribution in [-0.2, 0) is 16.2 Å². The summed E-state index contributed by atoms with van der Waals surface area (Å²) in [5.74, 6) is -2.43. The Hall–Kier alpha value is -3.51. The number of benzene rings is 3. The fourth-order valence-corrected chi connectivity index (χ4v) is 5.35. The molecule has 1 heterocycles. The van der Waals surface area contributed by atoms with Gasteiger partial charge in [-0.05, 0) is 48.5 Å². The highest BCUT2D eigenvalue weighted by Crippen LogP contribution is 2.31. The molecule has 0 radical (unpaired) electrons. The van der Waals surface area contributed by atoms with E-state index in [1.807, 2.05) is 0 Å². The van der Waals surface area contributed by atoms with Crippen molar-refractivity contribution in [3.63, 3.8) is 0 Å². The first-order chi connectivity index (χ1) is 17.0. The van der Waals surface area contributed by atoms with Gasteiger partial charge >= 0.3 is 6.18 Å². The van der Waals surface area contributed by atoms with Crippen molar-refractivity contribution in [2.45, 2.75) is 11.1 Å². The topological polar surface area (TPSA) is 69.7 Å². The second-order valence-corrected chi connectivity index (χ2v) is 9.93. The first kappa shape index (κ1) is 25.6. The standard InChI is InChI=1S/C24H20F5N3O3S/c25-19-6-1-2-7-21(19)31-10-12-32(13-11-31)36(34,35)22-14-16(8-9-20(22)26)23(33)30-18-5-3-4-17(15-18)24(27,28)29/h1-9,14-15H,10-13H2,(H,30,33). The van der Waals surface area contributed by atoms with Crippen LogP contribution in [0.15, 0.2) is 71.6 Å². The number of carbonyl (C=O) groups excluding carboxylic acids is 1. The molecule has 0 aromatic heterocycles. The van der Waals surface area contributed by atoms with Crippen molar-refractivity contribution in [1.82, 2.24) is 4.31 Å². The predicted molar refractivity (Wildman–Crippen MR) is 123 cm³/mol. The van der Waals surface area contributed by atoms with Gasteiger partial charge in [0.15, 0.2) is 0 Å². The van der Waals surface area contributed by atoms with Gasteiger partial charge in [0.2, 0.25) is 10.0 Å². The predicted octanol–water partition coefficient (Wildman–Crippen LogP) is 4.75. The number of para-hydroxylation sites is 1. The number of amides is 1. The van der Waals surface area contributed by atoms with Gasteiger partial charge in [-0.2, -0.15) is 17.5 Å². The van der Waals surface area contributed by atoms with Crippen molar-refractivity contribution in [2.75, 3.05) is 36.4 Å². The molecule has 0 aliphatic carbocycles. The Morgan fingerprint density at radius 2 is 1.53 bits per heavy atom. The SMILES string of the molecule is O=C(Nc1cccc(C(F)(F)F)c1)c1ccc(F)c(S(=O)(=O)N2CCN(c3ccccc3F)CC2)c1. The van der Waals surface area contributed by atoms with Gasteiger partial charge < -0.3 is 10.2 Å². The van der Waals surface area contributed by atoms with E-state index in [0.29, 0.717) is 5.69 Å². The van der Waals surface area contributed by atoms with Crippen molar-refractivity contribution in [3.05, 3.63) is 89.5 Å². The molecule has 0 saturated carbocycles. The highest BCUT2D eigenvalue weighted by atomic mass is 32.2. The summed E-state index contributed by atoms with van der Waals surface area (Å²) < 4.78 is 94.7. The second-order valence-electron chi connectivity index (χ2n) is 8.02. The molecule has 1 N–H and O–H groups in total. The fourth-order valence-electron chi connectivity index (χ4n) is 3.84. The minimum Gasteiger partial charge on any atom is -0.367 e. The first-order valence-electron chi connectivity index (χ1n) is 10.7. The number of nitrogens with zero attached hydrogens (tertiary/aromatic N) is 2. The van der Waals surface area contributed by atoms with E-state index in [9.17, 15) is 35.2 Å². The number of rotatable bonds is 5. The number of halogens is 5. The van der Waals surface area contributed by atoms with Gasteiger partial charge in [-0.15, -0.1) is 0 Å². The summed E-state index contributed by atoms with van der Waals surface area (Å²) in [6, 6.07) is 12.7. The Labute approximate surface area is 204 Å². The Balaban J connectivity index is 1.52. The molecule has 1 aliphatic heterocycles. The van der Waals surface area contributed by atoms with Gasteiger partial charge in [0.1, 0.15) is 16.5 Å². The average Bonchev–Trinajstić information content (AvgIpc) is 2.84. The molecule has 36 heavy (non-hydrogen) atoms. The molecule has 4 rings (SSSR count). The molecule has 1 fully saturated rings. The molecule has 0 spiro atoms. The molecule has 12 heteroatoms. The maximum absolute atomic E-state index is 14.6. The monoisotopic (exact) mass is 525 g/mol. The summed E-state index contributed by atoms with van der Waals surface area (Å²) in [4.78, 5) is 13.5. The van der Waals surface area contributed by atoms with E-state index in [1.54, 1.807) is 23.1 Å². The summed E-state index contributed by atoms with van der Waals surface area (Å²) in [5.41, 5.74) is -1.06. The van der Waals surface area contributed by atoms with Crippen molar-refractivity contribution in [3.8, 4) is 0 Å². The van der Waals surface area contributed by atoms with Crippen LogP contribution in [0.4, 0.5) is 33.3 Å². The van der Waals surface area contributed by atoms with Crippen molar-refractivity contribution < 1.29 is 35.2 Å². The molecule has 3 aromatic rings. The van der Waals surface area contributed by atoms with E-state index >= 15 is 0 Å². The van der Waals surface area contributed by atoms with Crippen molar-refractivity contribution in [2.24, 2.45) is 0 Å². The van der Waals surface area contributed by atoms with Gasteiger partial charge in [-0.3, -0.25) is 4.79 Å². The number of nitrogens with one attached hydrogen (secondary N) is 1. The number of carbonyl (C=O) groups is 1. The Bertz CT molecular complexity index is 1390. The van der Waals surface area contributed by atoms with Crippen molar-refractivity contribution in [1.29, 1.82) is 0 Å². The third kappa shape index (κ3) is 5.34. The van der Waals surface area contributed by atoms with Crippen LogP contribution in [0.3, 0.4) is 0 Å². The second kappa shape index (κ2) is 9.86. The van der Waals surface area contributed by atoms with Crippen LogP contribution < -0.4 is 10.2 Å². The largest absolute Gasteiger partial charge is 0.416 e. The minimum atomic E-state index is -4.62. The van der Waals surface area contributed by atoms with Crippen LogP contribution in [0.2, 0.25) is 0 Å². The lowest BCUT2D eigenvalue weighted by Gasteiger charge is -2.35. The normalized spacial score (nSPS) is 15.1. The smallest absolute Gasteiger partial charge is 0.367 e. The van der Waals surface area contributed by atoms with Gasteiger partial charge in [0.05, 0.1) is 11.3 Å². The van der Waals surface area contributed by atoms with E-state index < -0.39 is 44.2 Å². The lowest BCUT2D eigenvalue weighted by Crippen LogP contribution is -2.49. The van der Waals surface area contributed by atoms with Crippen LogP contribution in [0.5, 0.6) is 0 Å². The molecule has 0 bridgehead atoms. The minimum absolute atomic E-state index is 0.0449. The first-order valence-corrected chi connectivity index (χ1v) is 12.2. The van der Waals surface area contributed by atoms with Crippen molar-refractivity contribution >= 4 is 27.3 Å². The lowest BCUT2D eigenvalue weighted by atomic mass is 10.1. The summed E-state index contributed by atoms with van der Waals surface area (Å²) in [5, 5.41) is 2.27. The highest BCUT2D eigenvalue weighted by molar-refractivity contribution is 7.89. The van der Waals surface area contributed by atoms with E-state index in [0.717, 1.165) is 40.7 Å².